The summed E-state index contributed by atoms with van der Waals surface area (Å²) in [7, 11) is -0.346. The van der Waals surface area contributed by atoms with E-state index in [4.69, 9.17) is 36.1 Å². The van der Waals surface area contributed by atoms with E-state index in [9.17, 15) is 5.11 Å². The topological polar surface area (TPSA) is 127 Å². The molecule has 0 saturated carbocycles. The van der Waals surface area contributed by atoms with Crippen LogP contribution in [0, 0.1) is 0 Å². The fourth-order valence-corrected chi connectivity index (χ4v) is 4.55. The lowest BCUT2D eigenvalue weighted by atomic mass is 9.96. The van der Waals surface area contributed by atoms with Crippen LogP contribution in [0.15, 0.2) is 6.33 Å². The van der Waals surface area contributed by atoms with Gasteiger partial charge in [0, 0.05) is 0 Å². The highest BCUT2D eigenvalue weighted by atomic mass is 32.4. The molecule has 130 valence electrons. The first-order valence-corrected chi connectivity index (χ1v) is 9.62. The normalized spacial score (nSPS) is 36.0. The number of hydrogen-bond acceptors (Lipinski definition) is 10. The molecule has 12 heteroatoms. The number of nitrogen functional groups attached to an aromatic ring is 1. The lowest BCUT2D eigenvalue weighted by molar-refractivity contribution is -0.0882. The molecule has 1 unspecified atom stereocenters. The summed E-state index contributed by atoms with van der Waals surface area (Å²) >= 11 is 5.10. The van der Waals surface area contributed by atoms with Crippen LogP contribution < -0.4 is 10.5 Å². The Morgan fingerprint density at radius 3 is 3.08 bits per heavy atom. The number of fused-ring (bicyclic) bond motifs is 2. The SMILES string of the molecule is COc1nc(N)nc2c1ncn2[C@@H]1O[C@@H]2CO[PH](=S)O[C@H]2[C@@]1(C)O. The van der Waals surface area contributed by atoms with E-state index in [0.29, 0.717) is 11.2 Å². The molecule has 2 aromatic rings. The third-order valence-corrected chi connectivity index (χ3v) is 5.65. The van der Waals surface area contributed by atoms with Crippen LogP contribution in [-0.4, -0.2) is 56.2 Å². The van der Waals surface area contributed by atoms with Crippen molar-refractivity contribution in [3.8, 4) is 5.88 Å². The molecule has 2 fully saturated rings. The van der Waals surface area contributed by atoms with Crippen LogP contribution in [0.25, 0.3) is 11.2 Å². The van der Waals surface area contributed by atoms with Crippen LogP contribution >= 0.6 is 7.15 Å². The maximum Gasteiger partial charge on any atom is 0.246 e. The van der Waals surface area contributed by atoms with E-state index in [1.165, 1.54) is 13.4 Å². The third kappa shape index (κ3) is 2.32. The Balaban J connectivity index is 1.80. The largest absolute Gasteiger partial charge is 0.479 e. The van der Waals surface area contributed by atoms with E-state index < -0.39 is 31.2 Å². The van der Waals surface area contributed by atoms with E-state index in [2.05, 4.69) is 15.0 Å². The van der Waals surface area contributed by atoms with Gasteiger partial charge in [0.1, 0.15) is 17.8 Å². The number of hydrogen-bond donors (Lipinski definition) is 2. The number of ether oxygens (including phenoxy) is 2. The van der Waals surface area contributed by atoms with Gasteiger partial charge in [-0.05, 0) is 18.7 Å². The highest BCUT2D eigenvalue weighted by Crippen LogP contribution is 2.48. The zero-order valence-corrected chi connectivity index (χ0v) is 14.7. The lowest BCUT2D eigenvalue weighted by Gasteiger charge is -2.32. The van der Waals surface area contributed by atoms with Crippen LogP contribution in [-0.2, 0) is 25.6 Å². The summed E-state index contributed by atoms with van der Waals surface area (Å²) in [4.78, 5) is 12.4. The third-order valence-electron chi connectivity index (χ3n) is 4.16. The van der Waals surface area contributed by atoms with Gasteiger partial charge in [-0.25, -0.2) is 4.98 Å². The zero-order chi connectivity index (χ0) is 17.1. The lowest BCUT2D eigenvalue weighted by Crippen LogP contribution is -2.46. The van der Waals surface area contributed by atoms with E-state index >= 15 is 0 Å². The molecule has 0 bridgehead atoms. The Bertz CT molecular complexity index is 830. The van der Waals surface area contributed by atoms with E-state index in [1.54, 1.807) is 11.5 Å². The Hall–Kier alpha value is -1.36. The van der Waals surface area contributed by atoms with Crippen LogP contribution in [0.2, 0.25) is 0 Å². The van der Waals surface area contributed by atoms with E-state index in [1.807, 2.05) is 0 Å². The van der Waals surface area contributed by atoms with Gasteiger partial charge in [-0.1, -0.05) is 0 Å². The summed E-state index contributed by atoms with van der Waals surface area (Å²) in [6, 6.07) is 0. The first-order valence-electron chi connectivity index (χ1n) is 7.17. The quantitative estimate of drug-likeness (QED) is 0.694. The van der Waals surface area contributed by atoms with Crippen LogP contribution in [0.1, 0.15) is 13.2 Å². The molecule has 2 aliphatic rings. The molecule has 0 radical (unpaired) electrons. The Labute approximate surface area is 142 Å². The summed E-state index contributed by atoms with van der Waals surface area (Å²) in [5.41, 5.74) is 5.20. The van der Waals surface area contributed by atoms with E-state index in [-0.39, 0.29) is 18.4 Å². The van der Waals surface area contributed by atoms with Gasteiger partial charge in [-0.3, -0.25) is 4.57 Å². The van der Waals surface area contributed by atoms with Crippen molar-refractivity contribution in [2.45, 2.75) is 31.0 Å². The second kappa shape index (κ2) is 5.58. The molecule has 24 heavy (non-hydrogen) atoms. The van der Waals surface area contributed by atoms with Crippen molar-refractivity contribution in [2.75, 3.05) is 19.5 Å². The van der Waals surface area contributed by atoms with Crippen molar-refractivity contribution >= 4 is 36.1 Å². The van der Waals surface area contributed by atoms with Crippen LogP contribution in [0.4, 0.5) is 5.95 Å². The van der Waals surface area contributed by atoms with Gasteiger partial charge >= 0.3 is 0 Å². The van der Waals surface area contributed by atoms with Gasteiger partial charge in [0.2, 0.25) is 11.8 Å². The number of aliphatic hydroxyl groups is 1. The monoisotopic (exact) mass is 373 g/mol. The first kappa shape index (κ1) is 16.1. The van der Waals surface area contributed by atoms with Crippen molar-refractivity contribution in [1.82, 2.24) is 19.5 Å². The average molecular weight is 373 g/mol. The molecule has 0 amide bonds. The highest BCUT2D eigenvalue weighted by Gasteiger charge is 2.56. The second-order valence-electron chi connectivity index (χ2n) is 5.77. The molecular weight excluding hydrogens is 357 g/mol. The van der Waals surface area contributed by atoms with Gasteiger partial charge in [0.25, 0.3) is 0 Å². The van der Waals surface area contributed by atoms with Crippen molar-refractivity contribution < 1.29 is 23.6 Å². The molecule has 3 N–H and O–H groups in total. The summed E-state index contributed by atoms with van der Waals surface area (Å²) in [5.74, 6) is 0.286. The standard InChI is InChI=1S/C12H16N5O5PS/c1-12(18)7-5(3-20-23(24)22-7)21-10(12)17-4-14-6-8(17)15-11(13)16-9(6)19-2/h4-5,7,10,18,23H,3H2,1-2H3,(H2,13,15,16)/t5-,7-,10-,12-/m1/s1. The molecule has 2 aromatic heterocycles. The number of anilines is 1. The van der Waals surface area contributed by atoms with Gasteiger partial charge in [0.15, 0.2) is 24.5 Å². The number of nitrogens with zero attached hydrogens (tertiary/aromatic N) is 4. The smallest absolute Gasteiger partial charge is 0.246 e. The molecule has 0 aromatic carbocycles. The van der Waals surface area contributed by atoms with Crippen LogP contribution in [0.3, 0.4) is 0 Å². The number of nitrogens with two attached hydrogens (primary N) is 1. The molecule has 0 spiro atoms. The Morgan fingerprint density at radius 1 is 1.54 bits per heavy atom. The van der Waals surface area contributed by atoms with Crippen molar-refractivity contribution in [3.63, 3.8) is 0 Å². The maximum absolute atomic E-state index is 11.0. The fourth-order valence-electron chi connectivity index (χ4n) is 3.07. The Morgan fingerprint density at radius 2 is 2.33 bits per heavy atom. The van der Waals surface area contributed by atoms with Gasteiger partial charge < -0.3 is 29.4 Å². The van der Waals surface area contributed by atoms with Crippen molar-refractivity contribution in [1.29, 1.82) is 0 Å². The average Bonchev–Trinajstić information content (AvgIpc) is 3.05. The predicted octanol–water partition coefficient (Wildman–Crippen LogP) is -0.0130. The summed E-state index contributed by atoms with van der Waals surface area (Å²) in [5, 5.41) is 11.0. The Kier molecular flexibility index (Phi) is 3.75. The minimum Gasteiger partial charge on any atom is -0.479 e. The molecule has 10 nitrogen and oxygen atoms in total. The highest BCUT2D eigenvalue weighted by molar-refractivity contribution is 8.00. The number of imidazole rings is 1. The van der Waals surface area contributed by atoms with Gasteiger partial charge in [-0.15, -0.1) is 0 Å². The fraction of sp³-hybridized carbons (Fsp3) is 0.583. The molecule has 2 aliphatic heterocycles. The molecule has 4 rings (SSSR count). The molecule has 0 aliphatic carbocycles. The molecule has 2 saturated heterocycles. The summed E-state index contributed by atoms with van der Waals surface area (Å²) in [6.45, 7) is 1.91. The summed E-state index contributed by atoms with van der Waals surface area (Å²) in [6.07, 6.45) is -0.303. The molecule has 5 atom stereocenters. The number of methoxy groups -OCH3 is 1. The van der Waals surface area contributed by atoms with Crippen molar-refractivity contribution in [2.24, 2.45) is 0 Å². The number of rotatable bonds is 2. The number of aromatic nitrogens is 4. The van der Waals surface area contributed by atoms with Gasteiger partial charge in [0.05, 0.1) is 20.0 Å². The van der Waals surface area contributed by atoms with E-state index in [0.717, 1.165) is 0 Å². The maximum atomic E-state index is 11.0. The minimum atomic E-state index is -1.81. The molecule has 4 heterocycles. The summed E-state index contributed by atoms with van der Waals surface area (Å²) < 4.78 is 23.7. The molecular formula is C12H16N5O5PS. The van der Waals surface area contributed by atoms with Crippen molar-refractivity contribution in [3.05, 3.63) is 6.33 Å². The van der Waals surface area contributed by atoms with Crippen LogP contribution in [0.5, 0.6) is 5.88 Å². The zero-order valence-electron chi connectivity index (χ0n) is 12.9. The minimum absolute atomic E-state index is 0.0341. The first-order chi connectivity index (χ1) is 11.4. The second-order valence-corrected chi connectivity index (χ2v) is 7.79. The predicted molar refractivity (Wildman–Crippen MR) is 87.3 cm³/mol. The van der Waals surface area contributed by atoms with Gasteiger partial charge in [-0.2, -0.15) is 9.97 Å².